The van der Waals surface area contributed by atoms with Crippen molar-refractivity contribution >= 4 is 54.4 Å². The molecular formula is C23H13Br2NO4. The molecule has 4 aromatic rings. The smallest absolute Gasteiger partial charge is 0.295 e. The molecule has 1 amide bonds. The molecule has 0 radical (unpaired) electrons. The third-order valence-electron chi connectivity index (χ3n) is 5.15. The van der Waals surface area contributed by atoms with Gasteiger partial charge >= 0.3 is 0 Å². The number of nitrogens with zero attached hydrogens (tertiary/aromatic N) is 1. The summed E-state index contributed by atoms with van der Waals surface area (Å²) in [5.74, 6) is -0.240. The van der Waals surface area contributed by atoms with E-state index in [1.807, 2.05) is 24.3 Å². The number of fused-ring (bicyclic) bond motifs is 2. The summed E-state index contributed by atoms with van der Waals surface area (Å²) in [6.45, 7) is 0. The minimum atomic E-state index is -0.672. The molecule has 0 saturated carbocycles. The number of benzene rings is 3. The van der Waals surface area contributed by atoms with Crippen LogP contribution in [0.2, 0.25) is 0 Å². The Bertz CT molecular complexity index is 1360. The summed E-state index contributed by atoms with van der Waals surface area (Å²) in [6.07, 6.45) is 0. The van der Waals surface area contributed by atoms with Gasteiger partial charge in [-0.25, -0.2) is 0 Å². The first-order chi connectivity index (χ1) is 14.4. The van der Waals surface area contributed by atoms with Crippen LogP contribution in [0.15, 0.2) is 84.9 Å². The molecule has 148 valence electrons. The van der Waals surface area contributed by atoms with E-state index in [9.17, 15) is 14.7 Å². The van der Waals surface area contributed by atoms with Gasteiger partial charge in [-0.1, -0.05) is 44.0 Å². The van der Waals surface area contributed by atoms with E-state index in [2.05, 4.69) is 31.9 Å². The van der Waals surface area contributed by atoms with Crippen molar-refractivity contribution in [2.45, 2.75) is 6.04 Å². The van der Waals surface area contributed by atoms with Crippen molar-refractivity contribution < 1.29 is 14.3 Å². The maximum absolute atomic E-state index is 13.5. The van der Waals surface area contributed by atoms with Crippen molar-refractivity contribution in [2.24, 2.45) is 0 Å². The van der Waals surface area contributed by atoms with Crippen molar-refractivity contribution in [1.29, 1.82) is 0 Å². The summed E-state index contributed by atoms with van der Waals surface area (Å²) in [4.78, 5) is 28.5. The number of amides is 1. The predicted octanol–water partition coefficient (Wildman–Crippen LogP) is 5.77. The highest BCUT2D eigenvalue weighted by molar-refractivity contribution is 9.10. The van der Waals surface area contributed by atoms with Crippen LogP contribution in [-0.4, -0.2) is 11.0 Å². The van der Waals surface area contributed by atoms with Crippen LogP contribution in [0.1, 0.15) is 27.7 Å². The zero-order valence-electron chi connectivity index (χ0n) is 15.3. The van der Waals surface area contributed by atoms with Gasteiger partial charge in [0.15, 0.2) is 5.43 Å². The van der Waals surface area contributed by atoms with E-state index in [1.165, 1.54) is 12.1 Å². The molecule has 5 nitrogen and oxygen atoms in total. The Morgan fingerprint density at radius 3 is 2.23 bits per heavy atom. The van der Waals surface area contributed by atoms with Gasteiger partial charge in [0.05, 0.1) is 17.0 Å². The van der Waals surface area contributed by atoms with E-state index < -0.39 is 6.04 Å². The maximum Gasteiger partial charge on any atom is 0.295 e. The van der Waals surface area contributed by atoms with E-state index in [-0.39, 0.29) is 22.8 Å². The number of hydrogen-bond donors (Lipinski definition) is 1. The molecule has 0 bridgehead atoms. The molecular weight excluding hydrogens is 514 g/mol. The summed E-state index contributed by atoms with van der Waals surface area (Å²) in [6, 6.07) is 18.2. The highest BCUT2D eigenvalue weighted by atomic mass is 79.9. The lowest BCUT2D eigenvalue weighted by Gasteiger charge is -2.25. The van der Waals surface area contributed by atoms with Gasteiger partial charge in [-0.05, 0) is 60.2 Å². The molecule has 1 aliphatic rings. The van der Waals surface area contributed by atoms with Crippen LogP contribution in [0, 0.1) is 0 Å². The highest BCUT2D eigenvalue weighted by Crippen LogP contribution is 2.41. The van der Waals surface area contributed by atoms with Crippen molar-refractivity contribution in [1.82, 2.24) is 0 Å². The fourth-order valence-electron chi connectivity index (χ4n) is 3.79. The Morgan fingerprint density at radius 2 is 1.53 bits per heavy atom. The van der Waals surface area contributed by atoms with Gasteiger partial charge < -0.3 is 9.52 Å². The molecule has 0 aliphatic carbocycles. The highest BCUT2D eigenvalue weighted by Gasteiger charge is 2.43. The maximum atomic E-state index is 13.5. The number of aromatic hydroxyl groups is 1. The molecule has 1 atom stereocenters. The minimum absolute atomic E-state index is 0.0378. The second-order valence-electron chi connectivity index (χ2n) is 6.96. The number of phenols is 1. The minimum Gasteiger partial charge on any atom is -0.508 e. The van der Waals surface area contributed by atoms with Crippen LogP contribution in [0.25, 0.3) is 11.0 Å². The van der Waals surface area contributed by atoms with Crippen LogP contribution >= 0.6 is 31.9 Å². The lowest BCUT2D eigenvalue weighted by molar-refractivity contribution is 0.0971. The van der Waals surface area contributed by atoms with Crippen molar-refractivity contribution in [3.05, 3.63) is 103 Å². The first kappa shape index (κ1) is 19.1. The van der Waals surface area contributed by atoms with Gasteiger partial charge in [-0.3, -0.25) is 14.5 Å². The lowest BCUT2D eigenvalue weighted by Crippen LogP contribution is -2.29. The molecule has 1 aromatic heterocycles. The Morgan fingerprint density at radius 1 is 0.867 bits per heavy atom. The second-order valence-corrected chi connectivity index (χ2v) is 8.79. The average Bonchev–Trinajstić information content (AvgIpc) is 3.03. The summed E-state index contributed by atoms with van der Waals surface area (Å²) >= 11 is 6.80. The van der Waals surface area contributed by atoms with Crippen molar-refractivity contribution in [2.75, 3.05) is 4.90 Å². The number of rotatable bonds is 2. The zero-order chi connectivity index (χ0) is 21.0. The fourth-order valence-corrected chi connectivity index (χ4v) is 4.41. The Hall–Kier alpha value is -2.90. The summed E-state index contributed by atoms with van der Waals surface area (Å²) in [5.41, 5.74) is 1.73. The largest absolute Gasteiger partial charge is 0.508 e. The topological polar surface area (TPSA) is 70.8 Å². The number of anilines is 1. The fraction of sp³-hybridized carbons (Fsp3) is 0.0435. The normalized spacial score (nSPS) is 15.6. The second kappa shape index (κ2) is 7.11. The molecule has 2 heterocycles. The summed E-state index contributed by atoms with van der Waals surface area (Å²) in [5, 5.41) is 10.1. The lowest BCUT2D eigenvalue weighted by atomic mass is 9.98. The van der Waals surface area contributed by atoms with E-state index in [4.69, 9.17) is 4.42 Å². The third-order valence-corrected chi connectivity index (χ3v) is 6.17. The molecule has 30 heavy (non-hydrogen) atoms. The van der Waals surface area contributed by atoms with Gasteiger partial charge in [0.1, 0.15) is 11.3 Å². The molecule has 3 aromatic carbocycles. The Labute approximate surface area is 187 Å². The third kappa shape index (κ3) is 2.97. The summed E-state index contributed by atoms with van der Waals surface area (Å²) in [7, 11) is 0. The quantitative estimate of drug-likeness (QED) is 0.360. The SMILES string of the molecule is O=C1c2oc3ccc(Br)cc3c(=O)c2C(c2ccc(O)cc2)N1c1ccc(Br)cc1. The summed E-state index contributed by atoms with van der Waals surface area (Å²) < 4.78 is 7.56. The van der Waals surface area contributed by atoms with Gasteiger partial charge in [-0.15, -0.1) is 0 Å². The number of halogens is 2. The molecule has 1 unspecified atom stereocenters. The molecule has 0 spiro atoms. The number of carbonyl (C=O) groups is 1. The van der Waals surface area contributed by atoms with Crippen LogP contribution in [-0.2, 0) is 0 Å². The molecule has 0 fully saturated rings. The van der Waals surface area contributed by atoms with Crippen LogP contribution in [0.3, 0.4) is 0 Å². The number of phenolic OH excluding ortho intramolecular Hbond substituents is 1. The zero-order valence-corrected chi connectivity index (χ0v) is 18.5. The van der Waals surface area contributed by atoms with Crippen LogP contribution in [0.4, 0.5) is 5.69 Å². The van der Waals surface area contributed by atoms with Gasteiger partial charge in [0, 0.05) is 14.6 Å². The van der Waals surface area contributed by atoms with Crippen LogP contribution in [0.5, 0.6) is 5.75 Å². The number of carbonyl (C=O) groups excluding carboxylic acids is 1. The average molecular weight is 527 g/mol. The monoisotopic (exact) mass is 525 g/mol. The standard InChI is InChI=1S/C23H13Br2NO4/c24-13-3-6-15(7-4-13)26-20(12-1-8-16(27)9-2-12)19-21(28)17-11-14(25)5-10-18(17)30-22(19)23(26)29/h1-11,20,27H. The first-order valence-electron chi connectivity index (χ1n) is 9.08. The molecule has 7 heteroatoms. The van der Waals surface area contributed by atoms with Crippen molar-refractivity contribution in [3.63, 3.8) is 0 Å². The molecule has 1 N–H and O–H groups in total. The number of hydrogen-bond acceptors (Lipinski definition) is 4. The first-order valence-corrected chi connectivity index (χ1v) is 10.7. The molecule has 0 saturated heterocycles. The van der Waals surface area contributed by atoms with E-state index >= 15 is 0 Å². The van der Waals surface area contributed by atoms with E-state index in [0.717, 1.165) is 8.95 Å². The van der Waals surface area contributed by atoms with E-state index in [0.29, 0.717) is 27.8 Å². The van der Waals surface area contributed by atoms with Gasteiger partial charge in [-0.2, -0.15) is 0 Å². The van der Waals surface area contributed by atoms with Crippen molar-refractivity contribution in [3.8, 4) is 5.75 Å². The Kier molecular flexibility index (Phi) is 4.52. The van der Waals surface area contributed by atoms with Crippen LogP contribution < -0.4 is 10.3 Å². The van der Waals surface area contributed by atoms with Gasteiger partial charge in [0.25, 0.3) is 5.91 Å². The predicted molar refractivity (Wildman–Crippen MR) is 121 cm³/mol. The van der Waals surface area contributed by atoms with E-state index in [1.54, 1.807) is 35.2 Å². The van der Waals surface area contributed by atoms with Gasteiger partial charge in [0.2, 0.25) is 5.76 Å². The molecule has 5 rings (SSSR count). The Balaban J connectivity index is 1.81. The molecule has 1 aliphatic heterocycles.